The van der Waals surface area contributed by atoms with Crippen LogP contribution in [-0.2, 0) is 19.5 Å². The molecule has 1 N–H and O–H groups in total. The lowest BCUT2D eigenvalue weighted by molar-refractivity contribution is 0.0595. The Balaban J connectivity index is 1.43. The molecule has 1 aromatic carbocycles. The van der Waals surface area contributed by atoms with Crippen LogP contribution in [0.25, 0.3) is 0 Å². The molecule has 1 fully saturated rings. The minimum atomic E-state index is 0.121. The Morgan fingerprint density at radius 2 is 2.03 bits per heavy atom. The minimum absolute atomic E-state index is 0.121. The fourth-order valence-corrected chi connectivity index (χ4v) is 5.48. The van der Waals surface area contributed by atoms with E-state index in [1.807, 2.05) is 46.7 Å². The first-order chi connectivity index (χ1) is 14.5. The number of hydrogen-bond acceptors (Lipinski definition) is 4. The van der Waals surface area contributed by atoms with Gasteiger partial charge in [0.05, 0.1) is 11.3 Å². The molecular weight excluding hydrogens is 376 g/mol. The molecule has 0 spiro atoms. The third-order valence-electron chi connectivity index (χ3n) is 6.76. The van der Waals surface area contributed by atoms with Crippen LogP contribution in [0.2, 0.25) is 0 Å². The van der Waals surface area contributed by atoms with Gasteiger partial charge in [0.2, 0.25) is 0 Å². The van der Waals surface area contributed by atoms with Gasteiger partial charge in [-0.25, -0.2) is 0 Å². The molecule has 2 atom stereocenters. The maximum atomic E-state index is 13.5. The Kier molecular flexibility index (Phi) is 4.89. The summed E-state index contributed by atoms with van der Waals surface area (Å²) in [6.45, 7) is 3.70. The molecular formula is C24H30N4O2. The first-order valence-electron chi connectivity index (χ1n) is 11.0. The third kappa shape index (κ3) is 3.33. The van der Waals surface area contributed by atoms with Gasteiger partial charge in [0.15, 0.2) is 0 Å². The van der Waals surface area contributed by atoms with Crippen LogP contribution in [-0.4, -0.2) is 54.0 Å². The highest BCUT2D eigenvalue weighted by Gasteiger charge is 2.37. The fraction of sp³-hybridized carbons (Fsp3) is 0.500. The van der Waals surface area contributed by atoms with Gasteiger partial charge >= 0.3 is 0 Å². The predicted octanol–water partition coefficient (Wildman–Crippen LogP) is 2.53. The lowest BCUT2D eigenvalue weighted by Gasteiger charge is -2.43. The Morgan fingerprint density at radius 1 is 1.17 bits per heavy atom. The smallest absolute Gasteiger partial charge is 0.255 e. The molecule has 0 aliphatic carbocycles. The second-order valence-electron chi connectivity index (χ2n) is 9.32. The number of anilines is 1. The van der Waals surface area contributed by atoms with Crippen molar-refractivity contribution >= 4 is 11.6 Å². The van der Waals surface area contributed by atoms with Crippen molar-refractivity contribution in [3.05, 3.63) is 63.1 Å². The van der Waals surface area contributed by atoms with Gasteiger partial charge in [-0.15, -0.1) is 0 Å². The largest absolute Gasteiger partial charge is 0.384 e. The van der Waals surface area contributed by atoms with Crippen molar-refractivity contribution in [3.8, 4) is 0 Å². The highest BCUT2D eigenvalue weighted by atomic mass is 16.2. The van der Waals surface area contributed by atoms with Gasteiger partial charge < -0.3 is 19.7 Å². The lowest BCUT2D eigenvalue weighted by Crippen LogP contribution is -2.49. The zero-order valence-electron chi connectivity index (χ0n) is 17.9. The zero-order valence-corrected chi connectivity index (χ0v) is 17.9. The van der Waals surface area contributed by atoms with Crippen LogP contribution in [0.4, 0.5) is 5.69 Å². The van der Waals surface area contributed by atoms with Crippen molar-refractivity contribution < 1.29 is 4.79 Å². The van der Waals surface area contributed by atoms with E-state index in [0.29, 0.717) is 25.6 Å². The van der Waals surface area contributed by atoms with Gasteiger partial charge in [-0.05, 0) is 57.0 Å². The second-order valence-corrected chi connectivity index (χ2v) is 9.32. The fourth-order valence-electron chi connectivity index (χ4n) is 5.48. The predicted molar refractivity (Wildman–Crippen MR) is 118 cm³/mol. The number of carbonyl (C=O) groups excluding carboxylic acids is 1. The summed E-state index contributed by atoms with van der Waals surface area (Å²) in [7, 11) is 3.97. The van der Waals surface area contributed by atoms with Crippen LogP contribution in [0.1, 0.15) is 45.9 Å². The van der Waals surface area contributed by atoms with E-state index in [4.69, 9.17) is 0 Å². The summed E-state index contributed by atoms with van der Waals surface area (Å²) in [5.74, 6) is 0.686. The molecule has 3 aliphatic heterocycles. The molecule has 1 saturated heterocycles. The molecule has 0 saturated carbocycles. The number of para-hydroxylation sites is 1. The van der Waals surface area contributed by atoms with Crippen LogP contribution in [0.15, 0.2) is 35.1 Å². The molecule has 3 aliphatic rings. The minimum Gasteiger partial charge on any atom is -0.384 e. The van der Waals surface area contributed by atoms with Gasteiger partial charge in [0, 0.05) is 49.9 Å². The van der Waals surface area contributed by atoms with E-state index in [-0.39, 0.29) is 17.4 Å². The van der Waals surface area contributed by atoms with Gasteiger partial charge in [0.1, 0.15) is 0 Å². The molecule has 0 unspecified atom stereocenters. The SMILES string of the molecule is CN(C)Cc1ccc2n(c1=O)C[C@H]1C[C@@H]2CN(C(=O)c2cccc3c2NCCC3)C1. The molecule has 6 nitrogen and oxygen atoms in total. The quantitative estimate of drug-likeness (QED) is 0.851. The highest BCUT2D eigenvalue weighted by molar-refractivity contribution is 6.00. The first-order valence-corrected chi connectivity index (χ1v) is 11.0. The van der Waals surface area contributed by atoms with Crippen LogP contribution >= 0.6 is 0 Å². The summed E-state index contributed by atoms with van der Waals surface area (Å²) in [6, 6.07) is 10.2. The van der Waals surface area contributed by atoms with E-state index in [9.17, 15) is 9.59 Å². The third-order valence-corrected chi connectivity index (χ3v) is 6.76. The number of fused-ring (bicyclic) bond motifs is 5. The number of hydrogen-bond donors (Lipinski definition) is 1. The Morgan fingerprint density at radius 3 is 2.87 bits per heavy atom. The van der Waals surface area contributed by atoms with E-state index in [1.54, 1.807) is 0 Å². The number of pyridine rings is 1. The number of nitrogens with zero attached hydrogens (tertiary/aromatic N) is 3. The number of aryl methyl sites for hydroxylation is 1. The van der Waals surface area contributed by atoms with E-state index >= 15 is 0 Å². The summed E-state index contributed by atoms with van der Waals surface area (Å²) in [5, 5.41) is 3.45. The molecule has 4 heterocycles. The van der Waals surface area contributed by atoms with Gasteiger partial charge in [-0.2, -0.15) is 0 Å². The zero-order chi connectivity index (χ0) is 20.8. The van der Waals surface area contributed by atoms with E-state index < -0.39 is 0 Å². The Bertz CT molecular complexity index is 1040. The summed E-state index contributed by atoms with van der Waals surface area (Å²) in [6.07, 6.45) is 3.20. The number of carbonyl (C=O) groups is 1. The summed E-state index contributed by atoms with van der Waals surface area (Å²) in [5.41, 5.74) is 5.13. The van der Waals surface area contributed by atoms with Gasteiger partial charge in [-0.3, -0.25) is 9.59 Å². The standard InChI is InChI=1S/C24H30N4O2/c1-26(2)14-18-8-9-21-19-11-16(13-28(21)23(18)29)12-27(15-19)24(30)20-7-3-5-17-6-4-10-25-22(17)20/h3,5,7-9,16,19,25H,4,6,10-15H2,1-2H3/t16-,19+/m0/s1. The van der Waals surface area contributed by atoms with Crippen molar-refractivity contribution in [1.82, 2.24) is 14.4 Å². The average molecular weight is 407 g/mol. The van der Waals surface area contributed by atoms with Crippen molar-refractivity contribution in [3.63, 3.8) is 0 Å². The maximum absolute atomic E-state index is 13.5. The molecule has 6 heteroatoms. The van der Waals surface area contributed by atoms with E-state index in [0.717, 1.165) is 54.9 Å². The molecule has 0 radical (unpaired) electrons. The van der Waals surface area contributed by atoms with Crippen molar-refractivity contribution in [2.45, 2.75) is 38.3 Å². The number of amides is 1. The molecule has 5 rings (SSSR count). The molecule has 30 heavy (non-hydrogen) atoms. The van der Waals surface area contributed by atoms with Crippen LogP contribution in [0.5, 0.6) is 0 Å². The number of rotatable bonds is 3. The van der Waals surface area contributed by atoms with Crippen molar-refractivity contribution in [2.75, 3.05) is 39.0 Å². The number of aromatic nitrogens is 1. The van der Waals surface area contributed by atoms with Crippen molar-refractivity contribution in [2.24, 2.45) is 5.92 Å². The Labute approximate surface area is 177 Å². The lowest BCUT2D eigenvalue weighted by atomic mass is 9.82. The topological polar surface area (TPSA) is 57.6 Å². The maximum Gasteiger partial charge on any atom is 0.255 e. The second kappa shape index (κ2) is 7.58. The van der Waals surface area contributed by atoms with Crippen molar-refractivity contribution in [1.29, 1.82) is 0 Å². The molecule has 2 aromatic rings. The van der Waals surface area contributed by atoms with E-state index in [2.05, 4.69) is 17.4 Å². The number of likely N-dealkylation sites (tertiary alicyclic amines) is 1. The molecule has 2 bridgehead atoms. The summed E-state index contributed by atoms with van der Waals surface area (Å²) in [4.78, 5) is 30.5. The summed E-state index contributed by atoms with van der Waals surface area (Å²) >= 11 is 0. The first kappa shape index (κ1) is 19.4. The van der Waals surface area contributed by atoms with Crippen LogP contribution in [0.3, 0.4) is 0 Å². The Hall–Kier alpha value is -2.60. The van der Waals surface area contributed by atoms with Gasteiger partial charge in [-0.1, -0.05) is 18.2 Å². The molecule has 1 amide bonds. The normalized spacial score (nSPS) is 22.3. The molecule has 1 aromatic heterocycles. The number of benzene rings is 1. The highest BCUT2D eigenvalue weighted by Crippen LogP contribution is 2.36. The number of piperidine rings is 1. The van der Waals surface area contributed by atoms with Gasteiger partial charge in [0.25, 0.3) is 11.5 Å². The van der Waals surface area contributed by atoms with Crippen LogP contribution < -0.4 is 10.9 Å². The average Bonchev–Trinajstić information content (AvgIpc) is 2.75. The summed E-state index contributed by atoms with van der Waals surface area (Å²) < 4.78 is 1.98. The monoisotopic (exact) mass is 406 g/mol. The molecule has 158 valence electrons. The van der Waals surface area contributed by atoms with Crippen LogP contribution in [0, 0.1) is 5.92 Å². The van der Waals surface area contributed by atoms with E-state index in [1.165, 1.54) is 5.56 Å². The number of nitrogens with one attached hydrogen (secondary N) is 1.